The number of hydrogen-bond donors (Lipinski definition) is 1. The molecule has 0 aliphatic carbocycles. The Bertz CT molecular complexity index is 577. The van der Waals surface area contributed by atoms with Crippen molar-refractivity contribution in [1.82, 2.24) is 0 Å². The zero-order chi connectivity index (χ0) is 14.5. The van der Waals surface area contributed by atoms with Gasteiger partial charge in [-0.05, 0) is 47.2 Å². The van der Waals surface area contributed by atoms with E-state index in [0.717, 1.165) is 29.5 Å². The summed E-state index contributed by atoms with van der Waals surface area (Å²) in [6.07, 6.45) is 1.69. The largest absolute Gasteiger partial charge is 0.388 e. The van der Waals surface area contributed by atoms with Crippen LogP contribution in [0.4, 0.5) is 4.39 Å². The lowest BCUT2D eigenvalue weighted by atomic mass is 9.93. The molecule has 2 heteroatoms. The third-order valence-corrected chi connectivity index (χ3v) is 3.68. The van der Waals surface area contributed by atoms with Crippen LogP contribution in [0.15, 0.2) is 42.5 Å². The maximum absolute atomic E-state index is 13.2. The lowest BCUT2D eigenvalue weighted by molar-refractivity contribution is 0.177. The predicted octanol–water partition coefficient (Wildman–Crippen LogP) is 4.23. The average molecular weight is 272 g/mol. The summed E-state index contributed by atoms with van der Waals surface area (Å²) in [4.78, 5) is 0. The fraction of sp³-hybridized carbons (Fsp3) is 0.333. The zero-order valence-electron chi connectivity index (χ0n) is 12.1. The molecule has 0 heterocycles. The molecule has 1 atom stereocenters. The third kappa shape index (κ3) is 3.45. The Morgan fingerprint density at radius 2 is 1.80 bits per heavy atom. The highest BCUT2D eigenvalue weighted by atomic mass is 19.1. The second-order valence-electron chi connectivity index (χ2n) is 5.09. The number of halogens is 1. The van der Waals surface area contributed by atoms with Gasteiger partial charge in [0.25, 0.3) is 0 Å². The molecule has 1 unspecified atom stereocenters. The highest BCUT2D eigenvalue weighted by Gasteiger charge is 2.13. The molecule has 0 aliphatic rings. The number of aliphatic hydroxyl groups is 1. The molecule has 106 valence electrons. The van der Waals surface area contributed by atoms with Gasteiger partial charge in [0.1, 0.15) is 5.82 Å². The van der Waals surface area contributed by atoms with Crippen LogP contribution in [0.5, 0.6) is 0 Å². The van der Waals surface area contributed by atoms with E-state index >= 15 is 0 Å². The van der Waals surface area contributed by atoms with E-state index in [1.54, 1.807) is 6.07 Å². The maximum atomic E-state index is 13.2. The Kier molecular flexibility index (Phi) is 4.91. The van der Waals surface area contributed by atoms with Crippen molar-refractivity contribution in [2.45, 2.75) is 39.2 Å². The lowest BCUT2D eigenvalue weighted by Gasteiger charge is -2.16. The van der Waals surface area contributed by atoms with E-state index < -0.39 is 6.10 Å². The molecule has 0 aromatic heterocycles. The van der Waals surface area contributed by atoms with Gasteiger partial charge < -0.3 is 5.11 Å². The topological polar surface area (TPSA) is 20.2 Å². The van der Waals surface area contributed by atoms with Crippen LogP contribution >= 0.6 is 0 Å². The van der Waals surface area contributed by atoms with E-state index in [1.165, 1.54) is 17.7 Å². The van der Waals surface area contributed by atoms with Gasteiger partial charge in [0, 0.05) is 6.42 Å². The van der Waals surface area contributed by atoms with Gasteiger partial charge >= 0.3 is 0 Å². The van der Waals surface area contributed by atoms with Crippen molar-refractivity contribution in [3.05, 3.63) is 70.5 Å². The van der Waals surface area contributed by atoms with E-state index in [-0.39, 0.29) is 5.82 Å². The minimum absolute atomic E-state index is 0.257. The monoisotopic (exact) mass is 272 g/mol. The van der Waals surface area contributed by atoms with E-state index in [4.69, 9.17) is 0 Å². The first-order valence-electron chi connectivity index (χ1n) is 7.18. The molecule has 2 aromatic carbocycles. The first-order chi connectivity index (χ1) is 9.63. The fourth-order valence-electron chi connectivity index (χ4n) is 2.49. The molecule has 0 bridgehead atoms. The normalized spacial score (nSPS) is 12.4. The Balaban J connectivity index is 2.25. The Labute approximate surface area is 120 Å². The van der Waals surface area contributed by atoms with Crippen LogP contribution in [-0.2, 0) is 19.3 Å². The highest BCUT2D eigenvalue weighted by molar-refractivity contribution is 5.35. The zero-order valence-corrected chi connectivity index (χ0v) is 12.1. The van der Waals surface area contributed by atoms with Crippen LogP contribution in [0.1, 0.15) is 42.2 Å². The first-order valence-corrected chi connectivity index (χ1v) is 7.18. The Hall–Kier alpha value is -1.67. The Morgan fingerprint density at radius 1 is 1.00 bits per heavy atom. The molecule has 0 spiro atoms. The van der Waals surface area contributed by atoms with Crippen molar-refractivity contribution in [2.75, 3.05) is 0 Å². The van der Waals surface area contributed by atoms with Crippen molar-refractivity contribution in [2.24, 2.45) is 0 Å². The van der Waals surface area contributed by atoms with Gasteiger partial charge in [0.2, 0.25) is 0 Å². The standard InChI is InChI=1S/C18H21FO/c1-3-13-8-9-15(4-2)17(11-13)18(20)12-14-6-5-7-16(19)10-14/h5-11,18,20H,3-4,12H2,1-2H3. The molecular weight excluding hydrogens is 251 g/mol. The molecule has 1 nitrogen and oxygen atoms in total. The van der Waals surface area contributed by atoms with Crippen molar-refractivity contribution >= 4 is 0 Å². The summed E-state index contributed by atoms with van der Waals surface area (Å²) in [7, 11) is 0. The van der Waals surface area contributed by atoms with Gasteiger partial charge in [-0.25, -0.2) is 4.39 Å². The minimum atomic E-state index is -0.585. The number of aliphatic hydroxyl groups excluding tert-OH is 1. The van der Waals surface area contributed by atoms with Crippen LogP contribution in [0.25, 0.3) is 0 Å². The minimum Gasteiger partial charge on any atom is -0.388 e. The smallest absolute Gasteiger partial charge is 0.123 e. The number of rotatable bonds is 5. The van der Waals surface area contributed by atoms with Crippen molar-refractivity contribution < 1.29 is 9.50 Å². The van der Waals surface area contributed by atoms with Crippen molar-refractivity contribution in [3.63, 3.8) is 0 Å². The molecule has 0 radical (unpaired) electrons. The molecule has 0 saturated carbocycles. The molecule has 0 fully saturated rings. The summed E-state index contributed by atoms with van der Waals surface area (Å²) in [6, 6.07) is 12.7. The maximum Gasteiger partial charge on any atom is 0.123 e. The van der Waals surface area contributed by atoms with Gasteiger partial charge in [-0.2, -0.15) is 0 Å². The molecular formula is C18H21FO. The molecule has 0 amide bonds. The van der Waals surface area contributed by atoms with Crippen LogP contribution in [0, 0.1) is 5.82 Å². The van der Waals surface area contributed by atoms with Gasteiger partial charge in [-0.3, -0.25) is 0 Å². The van der Waals surface area contributed by atoms with Crippen LogP contribution in [0.3, 0.4) is 0 Å². The fourth-order valence-corrected chi connectivity index (χ4v) is 2.49. The van der Waals surface area contributed by atoms with Crippen molar-refractivity contribution in [3.8, 4) is 0 Å². The summed E-state index contributed by atoms with van der Waals surface area (Å²) in [6.45, 7) is 4.18. The van der Waals surface area contributed by atoms with E-state index in [2.05, 4.69) is 32.0 Å². The summed E-state index contributed by atoms with van der Waals surface area (Å²) >= 11 is 0. The van der Waals surface area contributed by atoms with Crippen LogP contribution in [-0.4, -0.2) is 5.11 Å². The number of hydrogen-bond acceptors (Lipinski definition) is 1. The third-order valence-electron chi connectivity index (χ3n) is 3.68. The molecule has 0 saturated heterocycles. The van der Waals surface area contributed by atoms with Gasteiger partial charge in [0.15, 0.2) is 0 Å². The second kappa shape index (κ2) is 6.67. The van der Waals surface area contributed by atoms with E-state index in [1.807, 2.05) is 6.07 Å². The highest BCUT2D eigenvalue weighted by Crippen LogP contribution is 2.24. The Morgan fingerprint density at radius 3 is 2.45 bits per heavy atom. The molecule has 0 aliphatic heterocycles. The van der Waals surface area contributed by atoms with Gasteiger partial charge in [-0.15, -0.1) is 0 Å². The van der Waals surface area contributed by atoms with Crippen LogP contribution in [0.2, 0.25) is 0 Å². The van der Waals surface area contributed by atoms with Gasteiger partial charge in [0.05, 0.1) is 6.10 Å². The summed E-state index contributed by atoms with van der Waals surface area (Å²) in [5.74, 6) is -0.257. The predicted molar refractivity (Wildman–Crippen MR) is 80.3 cm³/mol. The van der Waals surface area contributed by atoms with E-state index in [9.17, 15) is 9.50 Å². The molecule has 20 heavy (non-hydrogen) atoms. The molecule has 1 N–H and O–H groups in total. The quantitative estimate of drug-likeness (QED) is 0.863. The summed E-state index contributed by atoms with van der Waals surface area (Å²) in [5.41, 5.74) is 4.17. The van der Waals surface area contributed by atoms with Crippen LogP contribution < -0.4 is 0 Å². The van der Waals surface area contributed by atoms with Crippen molar-refractivity contribution in [1.29, 1.82) is 0 Å². The molecule has 2 aromatic rings. The SMILES string of the molecule is CCc1ccc(CC)c(C(O)Cc2cccc(F)c2)c1. The molecule has 2 rings (SSSR count). The summed E-state index contributed by atoms with van der Waals surface area (Å²) < 4.78 is 13.2. The average Bonchev–Trinajstić information content (AvgIpc) is 2.46. The summed E-state index contributed by atoms with van der Waals surface area (Å²) in [5, 5.41) is 10.5. The van der Waals surface area contributed by atoms with E-state index in [0.29, 0.717) is 6.42 Å². The first kappa shape index (κ1) is 14.7. The van der Waals surface area contributed by atoms with Gasteiger partial charge in [-0.1, -0.05) is 44.2 Å². The lowest BCUT2D eigenvalue weighted by Crippen LogP contribution is -2.06. The second-order valence-corrected chi connectivity index (χ2v) is 5.09. The number of aryl methyl sites for hydroxylation is 2. The number of benzene rings is 2.